The molecule has 2 N–H and O–H groups in total. The molecule has 14 nitrogen and oxygen atoms in total. The fourth-order valence-electron chi connectivity index (χ4n) is 9.36. The van der Waals surface area contributed by atoms with Gasteiger partial charge in [-0.25, -0.2) is 18.4 Å². The number of sulfonamides is 1. The lowest BCUT2D eigenvalue weighted by Gasteiger charge is -2.29. The Morgan fingerprint density at radius 2 is 1.75 bits per heavy atom. The van der Waals surface area contributed by atoms with Crippen LogP contribution in [-0.4, -0.2) is 89.7 Å². The second-order valence-electron chi connectivity index (χ2n) is 17.0. The van der Waals surface area contributed by atoms with E-state index < -0.39 is 56.6 Å². The van der Waals surface area contributed by atoms with Gasteiger partial charge in [-0.2, -0.15) is 0 Å². The molecular formula is C42H55N5O9S. The second kappa shape index (κ2) is 16.5. The number of hydrogen-bond donors (Lipinski definition) is 2. The van der Waals surface area contributed by atoms with Crippen LogP contribution in [0, 0.1) is 17.8 Å². The lowest BCUT2D eigenvalue weighted by molar-refractivity contribution is -0.155. The van der Waals surface area contributed by atoms with E-state index in [0.717, 1.165) is 64.2 Å². The smallest absolute Gasteiger partial charge is 0.306 e. The SMILES string of the molecule is COc1ccc2nc3c(nc2c1)OC1CC2C(=O)NC4(C(=O)NS(=O)(=O)C5CC5)CC4/C=C\CCCCCC(CC(=O)OC4CCCC4CCCCC3)C(=O)N2C1. The third-order valence-electron chi connectivity index (χ3n) is 12.9. The van der Waals surface area contributed by atoms with Gasteiger partial charge in [0, 0.05) is 24.3 Å². The highest BCUT2D eigenvalue weighted by molar-refractivity contribution is 7.91. The minimum absolute atomic E-state index is 0.0447. The van der Waals surface area contributed by atoms with Crippen molar-refractivity contribution >= 4 is 44.7 Å². The van der Waals surface area contributed by atoms with Crippen LogP contribution in [0.15, 0.2) is 30.4 Å². The van der Waals surface area contributed by atoms with Crippen LogP contribution in [0.4, 0.5) is 0 Å². The van der Waals surface area contributed by atoms with Gasteiger partial charge in [-0.05, 0) is 95.1 Å². The fourth-order valence-corrected chi connectivity index (χ4v) is 10.7. The Labute approximate surface area is 334 Å². The normalized spacial score (nSPS) is 32.2. The number of benzene rings is 1. The van der Waals surface area contributed by atoms with E-state index in [1.54, 1.807) is 13.2 Å². The summed E-state index contributed by atoms with van der Waals surface area (Å²) in [4.78, 5) is 68.1. The molecule has 4 fully saturated rings. The van der Waals surface area contributed by atoms with E-state index in [-0.39, 0.29) is 49.7 Å². The highest BCUT2D eigenvalue weighted by Crippen LogP contribution is 2.46. The van der Waals surface area contributed by atoms with Crippen molar-refractivity contribution in [3.05, 3.63) is 36.0 Å². The molecule has 1 saturated heterocycles. The molecule has 1 aromatic heterocycles. The number of carbonyl (C=O) groups is 4. The summed E-state index contributed by atoms with van der Waals surface area (Å²) in [5, 5.41) is 2.32. The summed E-state index contributed by atoms with van der Waals surface area (Å²) in [5.41, 5.74) is 0.504. The number of rotatable bonds is 4. The second-order valence-corrected chi connectivity index (χ2v) is 19.0. The molecule has 57 heavy (non-hydrogen) atoms. The molecule has 3 bridgehead atoms. The largest absolute Gasteiger partial charge is 0.497 e. The van der Waals surface area contributed by atoms with Gasteiger partial charge in [-0.3, -0.25) is 23.9 Å². The number of aromatic nitrogens is 2. The predicted molar refractivity (Wildman–Crippen MR) is 209 cm³/mol. The van der Waals surface area contributed by atoms with Crippen LogP contribution in [0.1, 0.15) is 115 Å². The van der Waals surface area contributed by atoms with Gasteiger partial charge in [0.2, 0.25) is 27.7 Å². The van der Waals surface area contributed by atoms with Crippen molar-refractivity contribution in [2.75, 3.05) is 13.7 Å². The zero-order chi connectivity index (χ0) is 39.7. The van der Waals surface area contributed by atoms with E-state index in [4.69, 9.17) is 24.2 Å². The van der Waals surface area contributed by atoms with Crippen LogP contribution in [0.25, 0.3) is 11.0 Å². The minimum atomic E-state index is -3.88. The van der Waals surface area contributed by atoms with E-state index >= 15 is 0 Å². The van der Waals surface area contributed by atoms with Gasteiger partial charge >= 0.3 is 5.97 Å². The maximum absolute atomic E-state index is 14.8. The van der Waals surface area contributed by atoms with Gasteiger partial charge < -0.3 is 24.4 Å². The summed E-state index contributed by atoms with van der Waals surface area (Å²) in [6, 6.07) is 4.45. The van der Waals surface area contributed by atoms with Crippen LogP contribution in [0.2, 0.25) is 0 Å². The maximum Gasteiger partial charge on any atom is 0.306 e. The van der Waals surface area contributed by atoms with Gasteiger partial charge in [0.1, 0.15) is 35.2 Å². The first kappa shape index (κ1) is 39.6. The molecule has 0 radical (unpaired) electrons. The zero-order valence-electron chi connectivity index (χ0n) is 32.8. The summed E-state index contributed by atoms with van der Waals surface area (Å²) < 4.78 is 46.3. The van der Waals surface area contributed by atoms with Crippen LogP contribution < -0.4 is 19.5 Å². The first-order chi connectivity index (χ1) is 27.5. The van der Waals surface area contributed by atoms with Gasteiger partial charge in [-0.1, -0.05) is 37.8 Å². The summed E-state index contributed by atoms with van der Waals surface area (Å²) in [7, 11) is -2.30. The van der Waals surface area contributed by atoms with Gasteiger partial charge in [-0.15, -0.1) is 0 Å². The quantitative estimate of drug-likeness (QED) is 0.319. The molecule has 3 saturated carbocycles. The van der Waals surface area contributed by atoms with Gasteiger partial charge in [0.05, 0.1) is 36.4 Å². The van der Waals surface area contributed by atoms with Crippen LogP contribution in [-0.2, 0) is 40.4 Å². The average molecular weight is 806 g/mol. The number of ether oxygens (including phenoxy) is 3. The average Bonchev–Trinajstić information content (AvgIpc) is 4.08. The van der Waals surface area contributed by atoms with Crippen molar-refractivity contribution in [1.29, 1.82) is 0 Å². The van der Waals surface area contributed by atoms with Crippen molar-refractivity contribution in [2.45, 2.75) is 145 Å². The van der Waals surface area contributed by atoms with Crippen LogP contribution >= 0.6 is 0 Å². The monoisotopic (exact) mass is 805 g/mol. The molecule has 308 valence electrons. The number of allylic oxidation sites excluding steroid dienone is 1. The van der Waals surface area contributed by atoms with E-state index in [9.17, 15) is 27.6 Å². The van der Waals surface area contributed by atoms with Crippen LogP contribution in [0.5, 0.6) is 11.6 Å². The molecule has 3 amide bonds. The lowest BCUT2D eigenvalue weighted by atomic mass is 9.94. The number of amides is 3. The number of esters is 1. The van der Waals surface area contributed by atoms with Crippen molar-refractivity contribution in [3.63, 3.8) is 0 Å². The predicted octanol–water partition coefficient (Wildman–Crippen LogP) is 4.83. The number of hydrogen-bond acceptors (Lipinski definition) is 11. The van der Waals surface area contributed by atoms with Gasteiger partial charge in [0.25, 0.3) is 5.91 Å². The Bertz CT molecular complexity index is 2020. The molecule has 4 heterocycles. The van der Waals surface area contributed by atoms with E-state index in [0.29, 0.717) is 60.5 Å². The third-order valence-corrected chi connectivity index (χ3v) is 14.7. The third kappa shape index (κ3) is 8.78. The van der Waals surface area contributed by atoms with Crippen LogP contribution in [0.3, 0.4) is 0 Å². The first-order valence-electron chi connectivity index (χ1n) is 21.1. The highest BCUT2D eigenvalue weighted by atomic mass is 32.2. The maximum atomic E-state index is 14.8. The topological polar surface area (TPSA) is 183 Å². The molecule has 0 spiro atoms. The highest BCUT2D eigenvalue weighted by Gasteiger charge is 2.62. The number of methoxy groups -OCH3 is 1. The Balaban J connectivity index is 1.14. The molecule has 7 atom stereocenters. The number of aryl methyl sites for hydroxylation is 1. The molecule has 3 aliphatic heterocycles. The van der Waals surface area contributed by atoms with Crippen molar-refractivity contribution in [2.24, 2.45) is 17.8 Å². The van der Waals surface area contributed by atoms with E-state index in [1.165, 1.54) is 4.90 Å². The standard InChI is InChI=1S/C42H55N5O9S/c1-54-29-17-20-32-34(22-29)44-39-33(43-32)15-9-5-7-11-26-13-10-16-36(26)56-37(48)21-27-12-6-3-2-4-8-14-28-24-42(28,41(51)46-57(52,53)31-18-19-31)45-38(49)35-23-30(55-39)25-47(35)40(27)50/h8,14,17,20,22,26-28,30-31,35-36H,2-7,9-13,15-16,18-19,21,23-25H2,1H3,(H,45,49)(H,46,51)/b14-8-. The summed E-state index contributed by atoms with van der Waals surface area (Å²) in [5.74, 6) is -1.96. The number of carbonyl (C=O) groups excluding carboxylic acids is 4. The Kier molecular flexibility index (Phi) is 11.5. The van der Waals surface area contributed by atoms with E-state index in [1.807, 2.05) is 24.3 Å². The molecule has 2 aromatic rings. The summed E-state index contributed by atoms with van der Waals surface area (Å²) >= 11 is 0. The molecule has 6 aliphatic rings. The number of nitrogens with zero attached hydrogens (tertiary/aromatic N) is 3. The Morgan fingerprint density at radius 1 is 0.947 bits per heavy atom. The number of nitrogens with one attached hydrogen (secondary N) is 2. The minimum Gasteiger partial charge on any atom is -0.497 e. The fraction of sp³-hybridized carbons (Fsp3) is 0.667. The van der Waals surface area contributed by atoms with E-state index in [2.05, 4.69) is 10.0 Å². The zero-order valence-corrected chi connectivity index (χ0v) is 33.6. The Morgan fingerprint density at radius 3 is 2.58 bits per heavy atom. The molecule has 15 heteroatoms. The first-order valence-corrected chi connectivity index (χ1v) is 22.6. The van der Waals surface area contributed by atoms with Crippen molar-refractivity contribution in [1.82, 2.24) is 24.9 Å². The molecule has 1 aromatic carbocycles. The lowest BCUT2D eigenvalue weighted by Crippen LogP contribution is -2.57. The molecule has 7 unspecified atom stereocenters. The van der Waals surface area contributed by atoms with Gasteiger partial charge in [0.15, 0.2) is 0 Å². The number of fused-ring (bicyclic) bond motifs is 6. The molecule has 8 rings (SSSR count). The summed E-state index contributed by atoms with van der Waals surface area (Å²) in [6.45, 7) is 0.0447. The summed E-state index contributed by atoms with van der Waals surface area (Å²) in [6.07, 6.45) is 15.0. The molecular weight excluding hydrogens is 751 g/mol. The van der Waals surface area contributed by atoms with Crippen molar-refractivity contribution in [3.8, 4) is 11.6 Å². The molecule has 3 aliphatic carbocycles. The Hall–Kier alpha value is -4.27. The van der Waals surface area contributed by atoms with Crippen molar-refractivity contribution < 1.29 is 41.8 Å².